The fourth-order valence-corrected chi connectivity index (χ4v) is 1.17. The third-order valence-corrected chi connectivity index (χ3v) is 1.91. The van der Waals surface area contributed by atoms with Crippen LogP contribution in [0.25, 0.3) is 0 Å². The zero-order chi connectivity index (χ0) is 9.23. The highest BCUT2D eigenvalue weighted by Gasteiger charge is 1.91. The molecule has 0 spiro atoms. The van der Waals surface area contributed by atoms with E-state index in [0.29, 0.717) is 6.04 Å². The first-order valence-electron chi connectivity index (χ1n) is 5.15. The lowest BCUT2D eigenvalue weighted by Crippen LogP contribution is -2.23. The SMILES string of the molecule is CNCCCCCCNC(C)C. The van der Waals surface area contributed by atoms with Gasteiger partial charge in [-0.25, -0.2) is 0 Å². The first-order valence-corrected chi connectivity index (χ1v) is 5.15. The van der Waals surface area contributed by atoms with Gasteiger partial charge in [-0.2, -0.15) is 0 Å². The summed E-state index contributed by atoms with van der Waals surface area (Å²) in [4.78, 5) is 0. The molecule has 2 N–H and O–H groups in total. The largest absolute Gasteiger partial charge is 0.320 e. The fraction of sp³-hybridized carbons (Fsp3) is 1.00. The van der Waals surface area contributed by atoms with Crippen molar-refractivity contribution in [3.8, 4) is 0 Å². The Balaban J connectivity index is 2.82. The van der Waals surface area contributed by atoms with E-state index in [2.05, 4.69) is 24.5 Å². The topological polar surface area (TPSA) is 24.1 Å². The maximum absolute atomic E-state index is 3.42. The molecule has 2 heteroatoms. The van der Waals surface area contributed by atoms with Crippen molar-refractivity contribution < 1.29 is 0 Å². The molecule has 0 bridgehead atoms. The van der Waals surface area contributed by atoms with E-state index in [4.69, 9.17) is 0 Å². The summed E-state index contributed by atoms with van der Waals surface area (Å²) in [7, 11) is 2.01. The molecule has 0 aromatic heterocycles. The minimum atomic E-state index is 0.641. The van der Waals surface area contributed by atoms with Gasteiger partial charge in [-0.3, -0.25) is 0 Å². The van der Waals surface area contributed by atoms with E-state index in [1.807, 2.05) is 7.05 Å². The molecule has 0 fully saturated rings. The van der Waals surface area contributed by atoms with Crippen LogP contribution in [0, 0.1) is 0 Å². The maximum Gasteiger partial charge on any atom is 0.00103 e. The lowest BCUT2D eigenvalue weighted by molar-refractivity contribution is 0.538. The highest BCUT2D eigenvalue weighted by atomic mass is 14.9. The molecule has 0 saturated heterocycles. The summed E-state index contributed by atoms with van der Waals surface area (Å²) >= 11 is 0. The van der Waals surface area contributed by atoms with Gasteiger partial charge in [0.05, 0.1) is 0 Å². The number of unbranched alkanes of at least 4 members (excludes halogenated alkanes) is 3. The molecule has 0 aliphatic carbocycles. The molecule has 0 rings (SSSR count). The van der Waals surface area contributed by atoms with Gasteiger partial charge in [0.2, 0.25) is 0 Å². The van der Waals surface area contributed by atoms with E-state index in [9.17, 15) is 0 Å². The highest BCUT2D eigenvalue weighted by molar-refractivity contribution is 4.53. The van der Waals surface area contributed by atoms with Gasteiger partial charge in [-0.1, -0.05) is 26.7 Å². The van der Waals surface area contributed by atoms with Gasteiger partial charge in [0.1, 0.15) is 0 Å². The van der Waals surface area contributed by atoms with Crippen molar-refractivity contribution in [2.45, 2.75) is 45.6 Å². The van der Waals surface area contributed by atoms with Crippen LogP contribution < -0.4 is 10.6 Å². The van der Waals surface area contributed by atoms with Gasteiger partial charge < -0.3 is 10.6 Å². The lowest BCUT2D eigenvalue weighted by Gasteiger charge is -2.07. The van der Waals surface area contributed by atoms with Gasteiger partial charge in [0.25, 0.3) is 0 Å². The quantitative estimate of drug-likeness (QED) is 0.545. The molecule has 0 amide bonds. The molecule has 0 aliphatic rings. The molecule has 0 aromatic rings. The van der Waals surface area contributed by atoms with Crippen molar-refractivity contribution in [1.29, 1.82) is 0 Å². The van der Waals surface area contributed by atoms with E-state index in [0.717, 1.165) is 6.54 Å². The van der Waals surface area contributed by atoms with E-state index < -0.39 is 0 Å². The van der Waals surface area contributed by atoms with Crippen LogP contribution in [-0.4, -0.2) is 26.2 Å². The van der Waals surface area contributed by atoms with Crippen LogP contribution in [-0.2, 0) is 0 Å². The Kier molecular flexibility index (Phi) is 8.95. The summed E-state index contributed by atoms with van der Waals surface area (Å²) in [6.07, 6.45) is 5.36. The zero-order valence-corrected chi connectivity index (χ0v) is 8.82. The second kappa shape index (κ2) is 9.01. The summed E-state index contributed by atoms with van der Waals surface area (Å²) in [5.74, 6) is 0. The van der Waals surface area contributed by atoms with Crippen molar-refractivity contribution in [3.63, 3.8) is 0 Å². The van der Waals surface area contributed by atoms with Gasteiger partial charge in [0.15, 0.2) is 0 Å². The molecule has 0 aliphatic heterocycles. The van der Waals surface area contributed by atoms with Gasteiger partial charge >= 0.3 is 0 Å². The van der Waals surface area contributed by atoms with Crippen molar-refractivity contribution >= 4 is 0 Å². The Morgan fingerprint density at radius 3 is 2.00 bits per heavy atom. The number of nitrogens with one attached hydrogen (secondary N) is 2. The average molecular weight is 172 g/mol. The molecule has 12 heavy (non-hydrogen) atoms. The standard InChI is InChI=1S/C10H24N2/c1-10(2)12-9-7-5-4-6-8-11-3/h10-12H,4-9H2,1-3H3. The Hall–Kier alpha value is -0.0800. The fourth-order valence-electron chi connectivity index (χ4n) is 1.17. The zero-order valence-electron chi connectivity index (χ0n) is 8.82. The average Bonchev–Trinajstić information content (AvgIpc) is 2.02. The van der Waals surface area contributed by atoms with E-state index in [1.165, 1.54) is 32.2 Å². The summed E-state index contributed by atoms with van der Waals surface area (Å²) in [6.45, 7) is 6.73. The van der Waals surface area contributed by atoms with Crippen LogP contribution >= 0.6 is 0 Å². The van der Waals surface area contributed by atoms with E-state index >= 15 is 0 Å². The van der Waals surface area contributed by atoms with E-state index in [-0.39, 0.29) is 0 Å². The monoisotopic (exact) mass is 172 g/mol. The van der Waals surface area contributed by atoms with Crippen LogP contribution in [0.3, 0.4) is 0 Å². The second-order valence-electron chi connectivity index (χ2n) is 3.63. The number of hydrogen-bond donors (Lipinski definition) is 2. The molecule has 74 valence electrons. The normalized spacial score (nSPS) is 11.0. The van der Waals surface area contributed by atoms with Crippen LogP contribution in [0.15, 0.2) is 0 Å². The number of hydrogen-bond acceptors (Lipinski definition) is 2. The van der Waals surface area contributed by atoms with Gasteiger partial charge in [-0.05, 0) is 33.0 Å². The Morgan fingerprint density at radius 1 is 0.917 bits per heavy atom. The summed E-state index contributed by atoms with van der Waals surface area (Å²) in [6, 6.07) is 0.641. The second-order valence-corrected chi connectivity index (χ2v) is 3.63. The third kappa shape index (κ3) is 9.92. The van der Waals surface area contributed by atoms with Crippen molar-refractivity contribution in [1.82, 2.24) is 10.6 Å². The third-order valence-electron chi connectivity index (χ3n) is 1.91. The van der Waals surface area contributed by atoms with Crippen LogP contribution in [0.1, 0.15) is 39.5 Å². The molecule has 2 nitrogen and oxygen atoms in total. The van der Waals surface area contributed by atoms with Crippen LogP contribution in [0.2, 0.25) is 0 Å². The lowest BCUT2D eigenvalue weighted by atomic mass is 10.2. The Labute approximate surface area is 77.1 Å². The highest BCUT2D eigenvalue weighted by Crippen LogP contribution is 1.97. The summed E-state index contributed by atoms with van der Waals surface area (Å²) in [5, 5.41) is 6.58. The number of rotatable bonds is 8. The first-order chi connectivity index (χ1) is 5.77. The molecule has 0 atom stereocenters. The van der Waals surface area contributed by atoms with Crippen LogP contribution in [0.5, 0.6) is 0 Å². The van der Waals surface area contributed by atoms with Crippen molar-refractivity contribution in [3.05, 3.63) is 0 Å². The Morgan fingerprint density at radius 2 is 1.50 bits per heavy atom. The summed E-state index contributed by atoms with van der Waals surface area (Å²) in [5.41, 5.74) is 0. The molecule has 0 saturated carbocycles. The molecule has 0 unspecified atom stereocenters. The molecule has 0 heterocycles. The first kappa shape index (κ1) is 11.9. The van der Waals surface area contributed by atoms with Crippen molar-refractivity contribution in [2.75, 3.05) is 20.1 Å². The predicted octanol–water partition coefficient (Wildman–Crippen LogP) is 1.76. The summed E-state index contributed by atoms with van der Waals surface area (Å²) < 4.78 is 0. The smallest absolute Gasteiger partial charge is 0.00103 e. The van der Waals surface area contributed by atoms with Crippen LogP contribution in [0.4, 0.5) is 0 Å². The maximum atomic E-state index is 3.42. The molecular formula is C10H24N2. The molecule has 0 radical (unpaired) electrons. The minimum Gasteiger partial charge on any atom is -0.320 e. The van der Waals surface area contributed by atoms with Gasteiger partial charge in [-0.15, -0.1) is 0 Å². The minimum absolute atomic E-state index is 0.641. The predicted molar refractivity (Wildman–Crippen MR) is 55.5 cm³/mol. The van der Waals surface area contributed by atoms with Gasteiger partial charge in [0, 0.05) is 6.04 Å². The molecule has 0 aromatic carbocycles. The van der Waals surface area contributed by atoms with E-state index in [1.54, 1.807) is 0 Å². The van der Waals surface area contributed by atoms with Crippen molar-refractivity contribution in [2.24, 2.45) is 0 Å². The Bertz CT molecular complexity index is 81.9. The molecular weight excluding hydrogens is 148 g/mol.